The standard InChI is InChI=1S/C18H28ClN5O2/c1-26-12-8-20-18(25)14-3-2-9-24(13-14)15-6-10-23(11-7-15)17-5-4-16(19)21-22-17/h4-5,14-15H,2-3,6-13H2,1H3,(H,20,25). The molecule has 0 spiro atoms. The Morgan fingerprint density at radius 2 is 2.08 bits per heavy atom. The van der Waals surface area contributed by atoms with E-state index in [1.165, 1.54) is 0 Å². The maximum Gasteiger partial charge on any atom is 0.224 e. The summed E-state index contributed by atoms with van der Waals surface area (Å²) in [5.41, 5.74) is 0. The van der Waals surface area contributed by atoms with Crippen molar-refractivity contribution in [2.75, 3.05) is 51.3 Å². The van der Waals surface area contributed by atoms with E-state index in [-0.39, 0.29) is 11.8 Å². The number of hydrogen-bond donors (Lipinski definition) is 1. The molecule has 0 aromatic carbocycles. The summed E-state index contributed by atoms with van der Waals surface area (Å²) in [5.74, 6) is 1.16. The summed E-state index contributed by atoms with van der Waals surface area (Å²) < 4.78 is 5.00. The molecule has 144 valence electrons. The first kappa shape index (κ1) is 19.3. The van der Waals surface area contributed by atoms with E-state index in [0.29, 0.717) is 24.3 Å². The predicted molar refractivity (Wildman–Crippen MR) is 101 cm³/mol. The highest BCUT2D eigenvalue weighted by Gasteiger charge is 2.31. The Kier molecular flexibility index (Phi) is 7.05. The minimum Gasteiger partial charge on any atom is -0.383 e. The lowest BCUT2D eigenvalue weighted by Gasteiger charge is -2.42. The van der Waals surface area contributed by atoms with Crippen LogP contribution in [0.15, 0.2) is 12.1 Å². The number of nitrogens with zero attached hydrogens (tertiary/aromatic N) is 4. The summed E-state index contributed by atoms with van der Waals surface area (Å²) in [6, 6.07) is 4.26. The van der Waals surface area contributed by atoms with Gasteiger partial charge in [0.05, 0.1) is 12.5 Å². The number of anilines is 1. The minimum atomic E-state index is 0.0979. The fraction of sp³-hybridized carbons (Fsp3) is 0.722. The largest absolute Gasteiger partial charge is 0.383 e. The molecule has 2 aliphatic heterocycles. The molecule has 1 aromatic heterocycles. The lowest BCUT2D eigenvalue weighted by Crippen LogP contribution is -2.51. The van der Waals surface area contributed by atoms with Gasteiger partial charge in [0.2, 0.25) is 5.91 Å². The summed E-state index contributed by atoms with van der Waals surface area (Å²) in [7, 11) is 1.65. The molecule has 1 aromatic rings. The monoisotopic (exact) mass is 381 g/mol. The van der Waals surface area contributed by atoms with Gasteiger partial charge in [-0.1, -0.05) is 11.6 Å². The van der Waals surface area contributed by atoms with Crippen molar-refractivity contribution >= 4 is 23.3 Å². The number of likely N-dealkylation sites (tertiary alicyclic amines) is 1. The quantitative estimate of drug-likeness (QED) is 0.754. The number of nitrogens with one attached hydrogen (secondary N) is 1. The number of methoxy groups -OCH3 is 1. The Labute approximate surface area is 160 Å². The topological polar surface area (TPSA) is 70.6 Å². The van der Waals surface area contributed by atoms with E-state index in [2.05, 4.69) is 25.3 Å². The highest BCUT2D eigenvalue weighted by atomic mass is 35.5. The molecule has 8 heteroatoms. The molecule has 1 amide bonds. The second-order valence-corrected chi connectivity index (χ2v) is 7.44. The molecule has 3 rings (SSSR count). The molecule has 7 nitrogen and oxygen atoms in total. The number of carbonyl (C=O) groups excluding carboxylic acids is 1. The van der Waals surface area contributed by atoms with E-state index >= 15 is 0 Å². The minimum absolute atomic E-state index is 0.0979. The zero-order valence-electron chi connectivity index (χ0n) is 15.4. The van der Waals surface area contributed by atoms with Gasteiger partial charge in [-0.05, 0) is 44.4 Å². The van der Waals surface area contributed by atoms with Crippen molar-refractivity contribution in [1.29, 1.82) is 0 Å². The normalized spacial score (nSPS) is 22.4. The van der Waals surface area contributed by atoms with Gasteiger partial charge in [0.15, 0.2) is 11.0 Å². The second kappa shape index (κ2) is 9.48. The van der Waals surface area contributed by atoms with Gasteiger partial charge in [-0.3, -0.25) is 9.69 Å². The Bertz CT molecular complexity index is 577. The van der Waals surface area contributed by atoms with Gasteiger partial charge in [-0.2, -0.15) is 0 Å². The van der Waals surface area contributed by atoms with E-state index < -0.39 is 0 Å². The number of piperidine rings is 2. The Balaban J connectivity index is 1.47. The lowest BCUT2D eigenvalue weighted by molar-refractivity contribution is -0.127. The summed E-state index contributed by atoms with van der Waals surface area (Å²) in [4.78, 5) is 17.1. The van der Waals surface area contributed by atoms with Crippen LogP contribution in [-0.2, 0) is 9.53 Å². The van der Waals surface area contributed by atoms with Crippen LogP contribution in [0.3, 0.4) is 0 Å². The van der Waals surface area contributed by atoms with Crippen molar-refractivity contribution < 1.29 is 9.53 Å². The summed E-state index contributed by atoms with van der Waals surface area (Å²) in [6.07, 6.45) is 4.24. The number of aromatic nitrogens is 2. The SMILES string of the molecule is COCCNC(=O)C1CCCN(C2CCN(c3ccc(Cl)nn3)CC2)C1. The smallest absolute Gasteiger partial charge is 0.224 e. The third-order valence-corrected chi connectivity index (χ3v) is 5.55. The van der Waals surface area contributed by atoms with Gasteiger partial charge in [-0.25, -0.2) is 0 Å². The van der Waals surface area contributed by atoms with Crippen LogP contribution in [0.25, 0.3) is 0 Å². The van der Waals surface area contributed by atoms with Crippen molar-refractivity contribution in [1.82, 2.24) is 20.4 Å². The van der Waals surface area contributed by atoms with E-state index in [1.807, 2.05) is 6.07 Å². The average molecular weight is 382 g/mol. The lowest BCUT2D eigenvalue weighted by atomic mass is 9.93. The zero-order valence-corrected chi connectivity index (χ0v) is 16.1. The fourth-order valence-corrected chi connectivity index (χ4v) is 4.01. The first-order valence-electron chi connectivity index (χ1n) is 9.42. The van der Waals surface area contributed by atoms with E-state index in [4.69, 9.17) is 16.3 Å². The zero-order chi connectivity index (χ0) is 18.4. The molecule has 0 radical (unpaired) electrons. The summed E-state index contributed by atoms with van der Waals surface area (Å²) in [5, 5.41) is 11.5. The highest BCUT2D eigenvalue weighted by Crippen LogP contribution is 2.25. The number of ether oxygens (including phenoxy) is 1. The van der Waals surface area contributed by atoms with E-state index in [0.717, 1.165) is 57.7 Å². The number of rotatable bonds is 6. The molecule has 3 heterocycles. The van der Waals surface area contributed by atoms with Crippen LogP contribution in [0.5, 0.6) is 0 Å². The molecule has 2 aliphatic rings. The van der Waals surface area contributed by atoms with Gasteiger partial charge in [0.1, 0.15) is 0 Å². The highest BCUT2D eigenvalue weighted by molar-refractivity contribution is 6.29. The van der Waals surface area contributed by atoms with Crippen molar-refractivity contribution in [3.05, 3.63) is 17.3 Å². The maximum absolute atomic E-state index is 12.3. The van der Waals surface area contributed by atoms with E-state index in [9.17, 15) is 4.79 Å². The third-order valence-electron chi connectivity index (χ3n) is 5.35. The first-order chi connectivity index (χ1) is 12.7. The molecule has 1 N–H and O–H groups in total. The van der Waals surface area contributed by atoms with Crippen LogP contribution in [0.1, 0.15) is 25.7 Å². The second-order valence-electron chi connectivity index (χ2n) is 7.05. The number of carbonyl (C=O) groups is 1. The molecule has 2 saturated heterocycles. The number of amides is 1. The molecule has 2 fully saturated rings. The molecule has 1 unspecified atom stereocenters. The Morgan fingerprint density at radius 3 is 2.77 bits per heavy atom. The summed E-state index contributed by atoms with van der Waals surface area (Å²) in [6.45, 7) is 5.03. The van der Waals surface area contributed by atoms with Crippen molar-refractivity contribution in [2.45, 2.75) is 31.7 Å². The molecule has 0 bridgehead atoms. The van der Waals surface area contributed by atoms with Crippen molar-refractivity contribution in [3.63, 3.8) is 0 Å². The number of hydrogen-bond acceptors (Lipinski definition) is 6. The van der Waals surface area contributed by atoms with Crippen LogP contribution in [0, 0.1) is 5.92 Å². The Hall–Kier alpha value is -1.44. The first-order valence-corrected chi connectivity index (χ1v) is 9.80. The van der Waals surface area contributed by atoms with Gasteiger partial charge >= 0.3 is 0 Å². The number of halogens is 1. The van der Waals surface area contributed by atoms with Crippen LogP contribution < -0.4 is 10.2 Å². The molecule has 0 aliphatic carbocycles. The molecule has 1 atom stereocenters. The van der Waals surface area contributed by atoms with Gasteiger partial charge in [-0.15, -0.1) is 10.2 Å². The average Bonchev–Trinajstić information content (AvgIpc) is 2.69. The molecule has 0 saturated carbocycles. The predicted octanol–water partition coefficient (Wildman–Crippen LogP) is 1.57. The molecular weight excluding hydrogens is 354 g/mol. The van der Waals surface area contributed by atoms with Crippen LogP contribution in [0.2, 0.25) is 5.15 Å². The van der Waals surface area contributed by atoms with Crippen molar-refractivity contribution in [3.8, 4) is 0 Å². The van der Waals surface area contributed by atoms with Crippen LogP contribution in [0.4, 0.5) is 5.82 Å². The van der Waals surface area contributed by atoms with Crippen LogP contribution in [-0.4, -0.2) is 73.5 Å². The van der Waals surface area contributed by atoms with Crippen molar-refractivity contribution in [2.24, 2.45) is 5.92 Å². The van der Waals surface area contributed by atoms with Gasteiger partial charge < -0.3 is 15.0 Å². The van der Waals surface area contributed by atoms with Gasteiger partial charge in [0.25, 0.3) is 0 Å². The fourth-order valence-electron chi connectivity index (χ4n) is 3.91. The summed E-state index contributed by atoms with van der Waals surface area (Å²) >= 11 is 5.82. The van der Waals surface area contributed by atoms with Crippen LogP contribution >= 0.6 is 11.6 Å². The molecular formula is C18H28ClN5O2. The maximum atomic E-state index is 12.3. The van der Waals surface area contributed by atoms with Gasteiger partial charge in [0, 0.05) is 39.3 Å². The van der Waals surface area contributed by atoms with E-state index in [1.54, 1.807) is 13.2 Å². The Morgan fingerprint density at radius 1 is 1.27 bits per heavy atom. The molecule has 26 heavy (non-hydrogen) atoms. The third kappa shape index (κ3) is 5.05.